The van der Waals surface area contributed by atoms with E-state index in [2.05, 4.69) is 6.92 Å². The molecule has 0 saturated carbocycles. The zero-order valence-electron chi connectivity index (χ0n) is 11.8. The van der Waals surface area contributed by atoms with Gasteiger partial charge in [-0.05, 0) is 32.8 Å². The molecule has 0 aliphatic heterocycles. The van der Waals surface area contributed by atoms with Crippen molar-refractivity contribution < 1.29 is 9.63 Å². The van der Waals surface area contributed by atoms with Gasteiger partial charge in [0, 0.05) is 6.92 Å². The highest BCUT2D eigenvalue weighted by atomic mass is 35.5. The summed E-state index contributed by atoms with van der Waals surface area (Å²) in [4.78, 5) is 16.7. The Morgan fingerprint density at radius 2 is 2.11 bits per heavy atom. The second kappa shape index (κ2) is 5.89. The molecule has 3 nitrogen and oxygen atoms in total. The monoisotopic (exact) mass is 271 g/mol. The second-order valence-electron chi connectivity index (χ2n) is 4.69. The maximum absolute atomic E-state index is 11.8. The van der Waals surface area contributed by atoms with Crippen molar-refractivity contribution in [3.8, 4) is 0 Å². The minimum Gasteiger partial charge on any atom is -0.273 e. The first-order chi connectivity index (χ1) is 8.36. The van der Waals surface area contributed by atoms with Gasteiger partial charge in [-0.1, -0.05) is 24.6 Å². The first kappa shape index (κ1) is 15.3. The molecule has 0 bridgehead atoms. The van der Waals surface area contributed by atoms with Crippen LogP contribution in [0.25, 0.3) is 0 Å². The summed E-state index contributed by atoms with van der Waals surface area (Å²) in [6.45, 7) is 9.79. The second-order valence-corrected chi connectivity index (χ2v) is 5.47. The van der Waals surface area contributed by atoms with Crippen molar-refractivity contribution in [2.75, 3.05) is 6.61 Å². The Balaban J connectivity index is 3.19. The number of amides is 1. The van der Waals surface area contributed by atoms with E-state index in [1.165, 1.54) is 12.0 Å². The lowest BCUT2D eigenvalue weighted by Crippen LogP contribution is -2.52. The molecule has 0 heterocycles. The van der Waals surface area contributed by atoms with E-state index >= 15 is 0 Å². The third-order valence-electron chi connectivity index (χ3n) is 3.40. The molecule has 0 aromatic rings. The predicted octanol–water partition coefficient (Wildman–Crippen LogP) is 3.45. The fourth-order valence-corrected chi connectivity index (χ4v) is 2.51. The number of hydrogen-bond donors (Lipinski definition) is 0. The molecule has 0 aromatic heterocycles. The molecule has 2 atom stereocenters. The van der Waals surface area contributed by atoms with Crippen LogP contribution in [-0.4, -0.2) is 28.5 Å². The van der Waals surface area contributed by atoms with Crippen molar-refractivity contribution in [1.82, 2.24) is 5.06 Å². The quantitative estimate of drug-likeness (QED) is 0.579. The zero-order valence-corrected chi connectivity index (χ0v) is 12.5. The molecule has 1 aliphatic rings. The molecule has 1 aliphatic carbocycles. The van der Waals surface area contributed by atoms with Crippen LogP contribution in [0.1, 0.15) is 41.0 Å². The van der Waals surface area contributed by atoms with Crippen molar-refractivity contribution in [3.63, 3.8) is 0 Å². The van der Waals surface area contributed by atoms with E-state index in [1.54, 1.807) is 0 Å². The lowest BCUT2D eigenvalue weighted by atomic mass is 9.82. The Hall–Kier alpha value is -0.800. The van der Waals surface area contributed by atoms with Crippen LogP contribution in [0.3, 0.4) is 0 Å². The highest BCUT2D eigenvalue weighted by Gasteiger charge is 2.43. The largest absolute Gasteiger partial charge is 0.273 e. The molecule has 0 radical (unpaired) electrons. The molecule has 0 aromatic carbocycles. The maximum Gasteiger partial charge on any atom is 0.243 e. The molecule has 1 rings (SSSR count). The first-order valence-corrected chi connectivity index (χ1v) is 6.73. The van der Waals surface area contributed by atoms with Gasteiger partial charge >= 0.3 is 0 Å². The van der Waals surface area contributed by atoms with Gasteiger partial charge in [-0.3, -0.25) is 9.63 Å². The number of nitrogens with zero attached hydrogens (tertiary/aromatic N) is 1. The maximum atomic E-state index is 11.8. The molecule has 4 heteroatoms. The summed E-state index contributed by atoms with van der Waals surface area (Å²) >= 11 is 6.65. The molecular weight excluding hydrogens is 250 g/mol. The van der Waals surface area contributed by atoms with Crippen molar-refractivity contribution in [3.05, 3.63) is 23.3 Å². The highest BCUT2D eigenvalue weighted by Crippen LogP contribution is 2.39. The Bertz CT molecular complexity index is 385. The van der Waals surface area contributed by atoms with Gasteiger partial charge in [0.15, 0.2) is 0 Å². The van der Waals surface area contributed by atoms with Crippen LogP contribution < -0.4 is 0 Å². The fraction of sp³-hybridized carbons (Fsp3) is 0.643. The number of allylic oxidation sites excluding steroid dienone is 2. The summed E-state index contributed by atoms with van der Waals surface area (Å²) in [5.74, 6) is -0.122. The van der Waals surface area contributed by atoms with E-state index in [0.717, 1.165) is 17.6 Å². The fourth-order valence-electron chi connectivity index (χ4n) is 2.22. The van der Waals surface area contributed by atoms with E-state index in [-0.39, 0.29) is 11.9 Å². The molecule has 2 unspecified atom stereocenters. The van der Waals surface area contributed by atoms with Crippen LogP contribution in [-0.2, 0) is 9.63 Å². The molecule has 0 N–H and O–H groups in total. The molecule has 0 fully saturated rings. The molecule has 102 valence electrons. The van der Waals surface area contributed by atoms with E-state index in [4.69, 9.17) is 16.4 Å². The van der Waals surface area contributed by atoms with Crippen LogP contribution in [0.15, 0.2) is 23.3 Å². The lowest BCUT2D eigenvalue weighted by Gasteiger charge is -2.42. The Morgan fingerprint density at radius 3 is 2.56 bits per heavy atom. The summed E-state index contributed by atoms with van der Waals surface area (Å²) < 4.78 is 0. The number of alkyl halides is 1. The van der Waals surface area contributed by atoms with Crippen molar-refractivity contribution in [2.45, 2.75) is 52.0 Å². The molecule has 18 heavy (non-hydrogen) atoms. The normalized spacial score (nSPS) is 27.6. The highest BCUT2D eigenvalue weighted by molar-refractivity contribution is 6.26. The number of halogens is 1. The average molecular weight is 272 g/mol. The summed E-state index contributed by atoms with van der Waals surface area (Å²) in [5.41, 5.74) is 2.15. The van der Waals surface area contributed by atoms with E-state index in [1.807, 2.05) is 32.9 Å². The minimum absolute atomic E-state index is 0.122. The number of carbonyl (C=O) groups excluding carboxylic acids is 1. The predicted molar refractivity (Wildman–Crippen MR) is 74.3 cm³/mol. The van der Waals surface area contributed by atoms with Gasteiger partial charge in [-0.25, -0.2) is 5.06 Å². The molecule has 0 saturated heterocycles. The minimum atomic E-state index is -0.624. The van der Waals surface area contributed by atoms with Gasteiger partial charge in [0.05, 0.1) is 11.5 Å². The molecular formula is C14H22ClNO2. The average Bonchev–Trinajstić information content (AvgIpc) is 2.30. The molecule has 0 spiro atoms. The van der Waals surface area contributed by atoms with Crippen molar-refractivity contribution in [2.24, 2.45) is 0 Å². The van der Waals surface area contributed by atoms with Crippen LogP contribution in [0, 0.1) is 0 Å². The molecule has 1 amide bonds. The lowest BCUT2D eigenvalue weighted by molar-refractivity contribution is -0.194. The van der Waals surface area contributed by atoms with Crippen LogP contribution in [0.2, 0.25) is 0 Å². The Labute approximate surface area is 114 Å². The van der Waals surface area contributed by atoms with Gasteiger partial charge in [-0.2, -0.15) is 0 Å². The van der Waals surface area contributed by atoms with Gasteiger partial charge in [0.2, 0.25) is 5.91 Å². The summed E-state index contributed by atoms with van der Waals surface area (Å²) in [6, 6.07) is -0.244. The summed E-state index contributed by atoms with van der Waals surface area (Å²) in [7, 11) is 0. The van der Waals surface area contributed by atoms with Crippen molar-refractivity contribution in [1.29, 1.82) is 0 Å². The number of carbonyl (C=O) groups is 1. The van der Waals surface area contributed by atoms with Crippen LogP contribution in [0.5, 0.6) is 0 Å². The number of hydrogen-bond acceptors (Lipinski definition) is 2. The third-order valence-corrected chi connectivity index (χ3v) is 3.91. The van der Waals surface area contributed by atoms with E-state index in [9.17, 15) is 4.79 Å². The van der Waals surface area contributed by atoms with Gasteiger partial charge < -0.3 is 0 Å². The Kier molecular flexibility index (Phi) is 5.00. The van der Waals surface area contributed by atoms with E-state index < -0.39 is 4.87 Å². The van der Waals surface area contributed by atoms with E-state index in [0.29, 0.717) is 6.61 Å². The van der Waals surface area contributed by atoms with Gasteiger partial charge in [0.1, 0.15) is 6.04 Å². The summed E-state index contributed by atoms with van der Waals surface area (Å²) in [6.07, 6.45) is 4.90. The number of hydroxylamine groups is 2. The van der Waals surface area contributed by atoms with Gasteiger partial charge in [-0.15, -0.1) is 11.6 Å². The first-order valence-electron chi connectivity index (χ1n) is 6.35. The zero-order chi connectivity index (χ0) is 13.9. The van der Waals surface area contributed by atoms with Gasteiger partial charge in [0.25, 0.3) is 0 Å². The smallest absolute Gasteiger partial charge is 0.243 e. The number of rotatable bonds is 4. The Morgan fingerprint density at radius 1 is 1.50 bits per heavy atom. The SMILES string of the molecule is CCON(C(C)=O)C1C(CC)=CC=C(C)C1(C)Cl. The van der Waals surface area contributed by atoms with Crippen molar-refractivity contribution >= 4 is 17.5 Å². The van der Waals surface area contributed by atoms with Crippen LogP contribution >= 0.6 is 11.6 Å². The topological polar surface area (TPSA) is 29.5 Å². The third kappa shape index (κ3) is 2.78. The summed E-state index contributed by atoms with van der Waals surface area (Å²) in [5, 5.41) is 1.42. The standard InChI is InChI=1S/C14H22ClNO2/c1-6-12-9-8-10(3)14(5,15)13(12)16(11(4)17)18-7-2/h8-9,13H,6-7H2,1-5H3. The van der Waals surface area contributed by atoms with Crippen LogP contribution in [0.4, 0.5) is 0 Å².